The predicted molar refractivity (Wildman–Crippen MR) is 159 cm³/mol. The summed E-state index contributed by atoms with van der Waals surface area (Å²) >= 11 is 5.90. The Hall–Kier alpha value is -4.49. The lowest BCUT2D eigenvalue weighted by atomic mass is 10.2. The number of aryl methyl sites for hydroxylation is 3. The Morgan fingerprint density at radius 2 is 2.00 bits per heavy atom. The number of pyridine rings is 1. The van der Waals surface area contributed by atoms with Gasteiger partial charge in [-0.3, -0.25) is 14.6 Å². The van der Waals surface area contributed by atoms with Crippen molar-refractivity contribution in [2.45, 2.75) is 60.0 Å². The number of rotatable bonds is 12. The number of anilines is 1. The van der Waals surface area contributed by atoms with E-state index in [2.05, 4.69) is 24.8 Å². The van der Waals surface area contributed by atoms with Crippen molar-refractivity contribution >= 4 is 40.3 Å². The molecule has 0 saturated carbocycles. The van der Waals surface area contributed by atoms with Crippen molar-refractivity contribution < 1.29 is 29.1 Å². The quantitative estimate of drug-likeness (QED) is 0.175. The topological polar surface area (TPSA) is 173 Å². The summed E-state index contributed by atoms with van der Waals surface area (Å²) in [6.45, 7) is 8.59. The van der Waals surface area contributed by atoms with Gasteiger partial charge in [-0.2, -0.15) is 0 Å². The average molecular weight is 612 g/mol. The number of carbonyl (C=O) groups is 2. The fourth-order valence-corrected chi connectivity index (χ4v) is 4.99. The van der Waals surface area contributed by atoms with Gasteiger partial charge in [0, 0.05) is 18.3 Å². The van der Waals surface area contributed by atoms with Crippen molar-refractivity contribution in [3.63, 3.8) is 0 Å². The maximum absolute atomic E-state index is 13.2. The molecule has 0 fully saturated rings. The zero-order valence-corrected chi connectivity index (χ0v) is 25.3. The zero-order chi connectivity index (χ0) is 31.3. The van der Waals surface area contributed by atoms with E-state index in [9.17, 15) is 19.8 Å². The molecule has 0 aliphatic rings. The highest BCUT2D eigenvalue weighted by molar-refractivity contribution is 6.29. The molecule has 0 bridgehead atoms. The Morgan fingerprint density at radius 3 is 2.70 bits per heavy atom. The van der Waals surface area contributed by atoms with E-state index in [4.69, 9.17) is 22.1 Å². The van der Waals surface area contributed by atoms with Gasteiger partial charge >= 0.3 is 0 Å². The van der Waals surface area contributed by atoms with Crippen LogP contribution in [-0.2, 0) is 31.0 Å². The Kier molecular flexibility index (Phi) is 9.99. The van der Waals surface area contributed by atoms with Gasteiger partial charge in [-0.1, -0.05) is 11.6 Å². The second-order valence-electron chi connectivity index (χ2n) is 9.99. The molecule has 0 saturated heterocycles. The molecule has 3 aromatic heterocycles. The Bertz CT molecular complexity index is 1640. The highest BCUT2D eigenvalue weighted by Crippen LogP contribution is 2.23. The number of halogens is 1. The Labute approximate surface area is 253 Å². The van der Waals surface area contributed by atoms with Gasteiger partial charge in [0.1, 0.15) is 28.9 Å². The second-order valence-corrected chi connectivity index (χ2v) is 10.4. The standard InChI is InChI=1S/C29H35ClN8O5/c1-5-37-21-9-8-19(43-16-26(41)36(14-18(4)39)15-20-23(40)10-7-17(3)34-20)11-22(21)38(6-2)25(37)13-33-29(42)27-28(31)32-12-24(30)35-27/h7-12,18,39H,5-6,13-16H2,1-4H3,(H3-,31,32,33,40,42)/p+1/t18-/m0/s1. The van der Waals surface area contributed by atoms with E-state index in [1.54, 1.807) is 26.0 Å². The predicted octanol–water partition coefficient (Wildman–Crippen LogP) is 2.12. The minimum Gasteiger partial charge on any atom is -0.506 e. The van der Waals surface area contributed by atoms with E-state index in [1.807, 2.05) is 30.5 Å². The van der Waals surface area contributed by atoms with Crippen molar-refractivity contribution in [2.75, 3.05) is 18.9 Å². The van der Waals surface area contributed by atoms with Crippen LogP contribution >= 0.6 is 11.6 Å². The van der Waals surface area contributed by atoms with Crippen LogP contribution < -0.4 is 20.4 Å². The highest BCUT2D eigenvalue weighted by Gasteiger charge is 2.26. The number of nitrogens with zero attached hydrogens (tertiary/aromatic N) is 6. The van der Waals surface area contributed by atoms with Crippen LogP contribution in [0.1, 0.15) is 48.5 Å². The summed E-state index contributed by atoms with van der Waals surface area (Å²) in [5.74, 6) is 0.398. The minimum absolute atomic E-state index is 0.0170. The van der Waals surface area contributed by atoms with Crippen LogP contribution in [0.25, 0.3) is 11.0 Å². The number of ether oxygens (including phenoxy) is 1. The van der Waals surface area contributed by atoms with E-state index in [0.29, 0.717) is 30.2 Å². The first-order valence-corrected chi connectivity index (χ1v) is 14.2. The molecule has 0 aliphatic carbocycles. The Balaban J connectivity index is 1.53. The first-order valence-electron chi connectivity index (χ1n) is 13.9. The number of hydrogen-bond donors (Lipinski definition) is 4. The number of aliphatic hydroxyl groups is 1. The van der Waals surface area contributed by atoms with Crippen LogP contribution in [0.15, 0.2) is 36.5 Å². The van der Waals surface area contributed by atoms with Crippen LogP contribution in [-0.4, -0.2) is 65.7 Å². The number of nitrogen functional groups attached to an aromatic ring is 1. The maximum Gasteiger partial charge on any atom is 0.277 e. The molecular formula is C29H36ClN8O5+. The third-order valence-corrected chi connectivity index (χ3v) is 6.99. The first kappa shape index (κ1) is 31.4. The monoisotopic (exact) mass is 611 g/mol. The number of aliphatic hydroxyl groups excluding tert-OH is 1. The molecule has 43 heavy (non-hydrogen) atoms. The largest absolute Gasteiger partial charge is 0.506 e. The number of nitrogens with two attached hydrogens (primary N) is 1. The lowest BCUT2D eigenvalue weighted by Gasteiger charge is -2.24. The number of nitrogens with one attached hydrogen (secondary N) is 1. The minimum atomic E-state index is -0.786. The van der Waals surface area contributed by atoms with Gasteiger partial charge in [-0.05, 0) is 52.0 Å². The fourth-order valence-electron chi connectivity index (χ4n) is 4.86. The van der Waals surface area contributed by atoms with Crippen molar-refractivity contribution in [3.8, 4) is 11.5 Å². The van der Waals surface area contributed by atoms with Gasteiger partial charge in [0.2, 0.25) is 0 Å². The third-order valence-electron chi connectivity index (χ3n) is 6.81. The van der Waals surface area contributed by atoms with Crippen LogP contribution in [0, 0.1) is 6.92 Å². The highest BCUT2D eigenvalue weighted by atomic mass is 35.5. The summed E-state index contributed by atoms with van der Waals surface area (Å²) in [5.41, 5.74) is 8.59. The molecule has 4 aromatic rings. The lowest BCUT2D eigenvalue weighted by Crippen LogP contribution is -2.40. The number of hydrogen-bond acceptors (Lipinski definition) is 9. The molecule has 228 valence electrons. The molecular weight excluding hydrogens is 576 g/mol. The number of aromatic nitrogens is 5. The zero-order valence-electron chi connectivity index (χ0n) is 24.5. The average Bonchev–Trinajstić information content (AvgIpc) is 3.28. The van der Waals surface area contributed by atoms with Crippen LogP contribution in [0.4, 0.5) is 5.82 Å². The number of imidazole rings is 1. The van der Waals surface area contributed by atoms with E-state index in [0.717, 1.165) is 16.9 Å². The maximum atomic E-state index is 13.2. The summed E-state index contributed by atoms with van der Waals surface area (Å²) in [7, 11) is 0. The molecule has 0 radical (unpaired) electrons. The van der Waals surface area contributed by atoms with Crippen molar-refractivity contribution in [3.05, 3.63) is 64.6 Å². The molecule has 1 atom stereocenters. The number of carbonyl (C=O) groups excluding carboxylic acids is 2. The molecule has 14 heteroatoms. The molecule has 13 nitrogen and oxygen atoms in total. The van der Waals surface area contributed by atoms with E-state index >= 15 is 0 Å². The second kappa shape index (κ2) is 13.7. The molecule has 2 amide bonds. The molecule has 0 unspecified atom stereocenters. The van der Waals surface area contributed by atoms with Crippen LogP contribution in [0.2, 0.25) is 5.15 Å². The van der Waals surface area contributed by atoms with E-state index in [1.165, 1.54) is 17.2 Å². The van der Waals surface area contributed by atoms with Gasteiger partial charge in [0.15, 0.2) is 29.2 Å². The Morgan fingerprint density at radius 1 is 1.23 bits per heavy atom. The molecule has 5 N–H and O–H groups in total. The van der Waals surface area contributed by atoms with Crippen molar-refractivity contribution in [1.82, 2.24) is 29.7 Å². The van der Waals surface area contributed by atoms with Gasteiger partial charge in [-0.25, -0.2) is 19.1 Å². The van der Waals surface area contributed by atoms with Crippen LogP contribution in [0.3, 0.4) is 0 Å². The van der Waals surface area contributed by atoms with Gasteiger partial charge in [0.05, 0.1) is 31.9 Å². The fraction of sp³-hybridized carbons (Fsp3) is 0.379. The summed E-state index contributed by atoms with van der Waals surface area (Å²) in [6, 6.07) is 8.73. The van der Waals surface area contributed by atoms with Gasteiger partial charge in [-0.15, -0.1) is 0 Å². The SMILES string of the molecule is CCn1c(CNC(=O)c2nc(Cl)cnc2N)[n+](CC)c2ccc(OCC(=O)N(Cc3nc(C)ccc3O)C[C@H](C)O)cc21. The molecule has 0 aliphatic heterocycles. The van der Waals surface area contributed by atoms with Crippen molar-refractivity contribution in [1.29, 1.82) is 0 Å². The smallest absolute Gasteiger partial charge is 0.277 e. The third kappa shape index (κ3) is 7.30. The number of fused-ring (bicyclic) bond motifs is 1. The van der Waals surface area contributed by atoms with E-state index in [-0.39, 0.29) is 54.6 Å². The molecule has 3 heterocycles. The summed E-state index contributed by atoms with van der Waals surface area (Å²) in [6.07, 6.45) is 0.489. The van der Waals surface area contributed by atoms with Gasteiger partial charge < -0.3 is 30.9 Å². The summed E-state index contributed by atoms with van der Waals surface area (Å²) in [4.78, 5) is 39.6. The number of benzene rings is 1. The molecule has 1 aromatic carbocycles. The summed E-state index contributed by atoms with van der Waals surface area (Å²) < 4.78 is 10.0. The number of amides is 2. The first-order chi connectivity index (χ1) is 20.5. The number of aromatic hydroxyl groups is 1. The van der Waals surface area contributed by atoms with Crippen molar-refractivity contribution in [2.24, 2.45) is 0 Å². The van der Waals surface area contributed by atoms with E-state index < -0.39 is 12.0 Å². The van der Waals surface area contributed by atoms with Crippen LogP contribution in [0.5, 0.6) is 11.5 Å². The molecule has 4 rings (SSSR count). The van der Waals surface area contributed by atoms with Gasteiger partial charge in [0.25, 0.3) is 17.6 Å². The molecule has 0 spiro atoms. The summed E-state index contributed by atoms with van der Waals surface area (Å²) in [5, 5.41) is 23.1. The normalized spacial score (nSPS) is 11.9. The lowest BCUT2D eigenvalue weighted by molar-refractivity contribution is -0.676.